The average Bonchev–Trinajstić information content (AvgIpc) is 2.87. The van der Waals surface area contributed by atoms with E-state index in [0.717, 1.165) is 16.7 Å². The SMILES string of the molecule is Cc1csc(C(=O)Nc2c(C)cc(C)cc2C(=O)CO)c1. The van der Waals surface area contributed by atoms with E-state index in [2.05, 4.69) is 5.32 Å². The number of hydrogen-bond acceptors (Lipinski definition) is 4. The van der Waals surface area contributed by atoms with Crippen molar-refractivity contribution in [2.24, 2.45) is 0 Å². The molecule has 0 atom stereocenters. The van der Waals surface area contributed by atoms with Crippen LogP contribution in [0.4, 0.5) is 5.69 Å². The summed E-state index contributed by atoms with van der Waals surface area (Å²) >= 11 is 1.36. The molecule has 0 fully saturated rings. The van der Waals surface area contributed by atoms with Crippen molar-refractivity contribution in [2.75, 3.05) is 11.9 Å². The van der Waals surface area contributed by atoms with Gasteiger partial charge < -0.3 is 10.4 Å². The molecule has 1 aromatic heterocycles. The first-order valence-electron chi connectivity index (χ1n) is 6.54. The fraction of sp³-hybridized carbons (Fsp3) is 0.250. The van der Waals surface area contributed by atoms with E-state index >= 15 is 0 Å². The van der Waals surface area contributed by atoms with E-state index in [4.69, 9.17) is 5.11 Å². The normalized spacial score (nSPS) is 10.5. The summed E-state index contributed by atoms with van der Waals surface area (Å²) in [5.74, 6) is -0.647. The van der Waals surface area contributed by atoms with Crippen molar-refractivity contribution < 1.29 is 14.7 Å². The van der Waals surface area contributed by atoms with Crippen LogP contribution < -0.4 is 5.32 Å². The molecule has 2 N–H and O–H groups in total. The maximum Gasteiger partial charge on any atom is 0.265 e. The summed E-state index contributed by atoms with van der Waals surface area (Å²) in [6, 6.07) is 5.38. The Hall–Kier alpha value is -1.98. The minimum absolute atomic E-state index is 0.243. The zero-order valence-corrected chi connectivity index (χ0v) is 13.0. The van der Waals surface area contributed by atoms with Crippen LogP contribution in [0, 0.1) is 20.8 Å². The van der Waals surface area contributed by atoms with Crippen molar-refractivity contribution in [3.63, 3.8) is 0 Å². The molecule has 4 nitrogen and oxygen atoms in total. The average molecular weight is 303 g/mol. The van der Waals surface area contributed by atoms with Crippen LogP contribution in [0.15, 0.2) is 23.6 Å². The van der Waals surface area contributed by atoms with Gasteiger partial charge >= 0.3 is 0 Å². The third-order valence-electron chi connectivity index (χ3n) is 3.12. The first kappa shape index (κ1) is 15.4. The third kappa shape index (κ3) is 3.37. The molecule has 2 aromatic rings. The molecule has 0 saturated carbocycles. The van der Waals surface area contributed by atoms with Gasteiger partial charge in [0.1, 0.15) is 6.61 Å². The number of aryl methyl sites for hydroxylation is 3. The van der Waals surface area contributed by atoms with Gasteiger partial charge in [-0.3, -0.25) is 9.59 Å². The van der Waals surface area contributed by atoms with E-state index < -0.39 is 12.4 Å². The largest absolute Gasteiger partial charge is 0.388 e. The lowest BCUT2D eigenvalue weighted by atomic mass is 10.0. The highest BCUT2D eigenvalue weighted by molar-refractivity contribution is 7.12. The summed E-state index contributed by atoms with van der Waals surface area (Å²) < 4.78 is 0. The Morgan fingerprint density at radius 1 is 1.14 bits per heavy atom. The number of rotatable bonds is 4. The quantitative estimate of drug-likeness (QED) is 0.853. The fourth-order valence-corrected chi connectivity index (χ4v) is 2.96. The highest BCUT2D eigenvalue weighted by atomic mass is 32.1. The lowest BCUT2D eigenvalue weighted by molar-refractivity contribution is 0.0904. The lowest BCUT2D eigenvalue weighted by Crippen LogP contribution is -2.16. The third-order valence-corrected chi connectivity index (χ3v) is 4.16. The Labute approximate surface area is 127 Å². The Balaban J connectivity index is 2.39. The first-order chi connectivity index (χ1) is 9.92. The summed E-state index contributed by atoms with van der Waals surface area (Å²) in [4.78, 5) is 24.7. The molecule has 21 heavy (non-hydrogen) atoms. The van der Waals surface area contributed by atoms with Gasteiger partial charge in [-0.1, -0.05) is 6.07 Å². The number of aliphatic hydroxyl groups is 1. The van der Waals surface area contributed by atoms with Crippen molar-refractivity contribution in [2.45, 2.75) is 20.8 Å². The number of benzene rings is 1. The van der Waals surface area contributed by atoms with Crippen molar-refractivity contribution in [1.29, 1.82) is 0 Å². The summed E-state index contributed by atoms with van der Waals surface area (Å²) in [5, 5.41) is 13.8. The van der Waals surface area contributed by atoms with Gasteiger partial charge in [0, 0.05) is 5.56 Å². The monoisotopic (exact) mass is 303 g/mol. The molecule has 2 rings (SSSR count). The van der Waals surface area contributed by atoms with E-state index in [0.29, 0.717) is 16.1 Å². The Morgan fingerprint density at radius 3 is 2.43 bits per heavy atom. The predicted molar refractivity (Wildman–Crippen MR) is 84.3 cm³/mol. The Kier molecular flexibility index (Phi) is 4.55. The molecular formula is C16H17NO3S. The second-order valence-corrected chi connectivity index (χ2v) is 5.94. The molecule has 0 aliphatic carbocycles. The molecule has 1 amide bonds. The van der Waals surface area contributed by atoms with Crippen molar-refractivity contribution in [3.05, 3.63) is 50.7 Å². The number of Topliss-reactive ketones (excluding diaryl/α,β-unsaturated/α-hetero) is 1. The number of anilines is 1. The molecule has 0 spiro atoms. The molecule has 0 bridgehead atoms. The van der Waals surface area contributed by atoms with Crippen LogP contribution in [0.1, 0.15) is 36.7 Å². The smallest absolute Gasteiger partial charge is 0.265 e. The number of thiophene rings is 1. The van der Waals surface area contributed by atoms with Crippen LogP contribution in [-0.4, -0.2) is 23.4 Å². The van der Waals surface area contributed by atoms with E-state index in [1.165, 1.54) is 11.3 Å². The van der Waals surface area contributed by atoms with E-state index in [1.54, 1.807) is 12.1 Å². The summed E-state index contributed by atoms with van der Waals surface area (Å²) in [6.45, 7) is 5.04. The van der Waals surface area contributed by atoms with Crippen LogP contribution in [0.3, 0.4) is 0 Å². The Bertz CT molecular complexity index is 704. The van der Waals surface area contributed by atoms with Gasteiger partial charge in [-0.2, -0.15) is 0 Å². The van der Waals surface area contributed by atoms with Crippen LogP contribution >= 0.6 is 11.3 Å². The zero-order valence-electron chi connectivity index (χ0n) is 12.2. The fourth-order valence-electron chi connectivity index (χ4n) is 2.16. The number of carbonyl (C=O) groups is 2. The van der Waals surface area contributed by atoms with Gasteiger partial charge in [-0.15, -0.1) is 11.3 Å². The highest BCUT2D eigenvalue weighted by Crippen LogP contribution is 2.25. The van der Waals surface area contributed by atoms with Crippen LogP contribution in [0.25, 0.3) is 0 Å². The standard InChI is InChI=1S/C16H17NO3S/c1-9-4-11(3)15(12(5-9)13(19)7-18)17-16(20)14-6-10(2)8-21-14/h4-6,8,18H,7H2,1-3H3,(H,17,20). The molecule has 110 valence electrons. The predicted octanol–water partition coefficient (Wildman–Crippen LogP) is 3.10. The zero-order chi connectivity index (χ0) is 15.6. The van der Waals surface area contributed by atoms with Gasteiger partial charge in [0.25, 0.3) is 5.91 Å². The second kappa shape index (κ2) is 6.20. The molecule has 1 aromatic carbocycles. The van der Waals surface area contributed by atoms with E-state index in [9.17, 15) is 9.59 Å². The molecule has 0 unspecified atom stereocenters. The number of nitrogens with one attached hydrogen (secondary N) is 1. The summed E-state index contributed by atoms with van der Waals surface area (Å²) in [7, 11) is 0. The molecule has 1 heterocycles. The molecule has 0 radical (unpaired) electrons. The highest BCUT2D eigenvalue weighted by Gasteiger charge is 2.17. The minimum Gasteiger partial charge on any atom is -0.388 e. The molecule has 0 aliphatic rings. The van der Waals surface area contributed by atoms with Gasteiger partial charge in [0.2, 0.25) is 0 Å². The topological polar surface area (TPSA) is 66.4 Å². The molecule has 0 saturated heterocycles. The van der Waals surface area contributed by atoms with Gasteiger partial charge in [0.15, 0.2) is 5.78 Å². The van der Waals surface area contributed by atoms with Crippen molar-refractivity contribution in [3.8, 4) is 0 Å². The maximum absolute atomic E-state index is 12.3. The van der Waals surface area contributed by atoms with E-state index in [1.807, 2.05) is 32.2 Å². The minimum atomic E-state index is -0.579. The van der Waals surface area contributed by atoms with Gasteiger partial charge in [-0.25, -0.2) is 0 Å². The molecule has 5 heteroatoms. The summed E-state index contributed by atoms with van der Waals surface area (Å²) in [5.41, 5.74) is 3.55. The van der Waals surface area contributed by atoms with Crippen molar-refractivity contribution in [1.82, 2.24) is 0 Å². The number of carbonyl (C=O) groups excluding carboxylic acids is 2. The number of amides is 1. The van der Waals surface area contributed by atoms with Crippen LogP contribution in [0.5, 0.6) is 0 Å². The lowest BCUT2D eigenvalue weighted by Gasteiger charge is -2.13. The van der Waals surface area contributed by atoms with E-state index in [-0.39, 0.29) is 5.91 Å². The van der Waals surface area contributed by atoms with Crippen molar-refractivity contribution >= 4 is 28.7 Å². The molecule has 0 aliphatic heterocycles. The first-order valence-corrected chi connectivity index (χ1v) is 7.42. The summed E-state index contributed by atoms with van der Waals surface area (Å²) in [6.07, 6.45) is 0. The number of hydrogen-bond donors (Lipinski definition) is 2. The Morgan fingerprint density at radius 2 is 1.86 bits per heavy atom. The number of aliphatic hydroxyl groups excluding tert-OH is 1. The second-order valence-electron chi connectivity index (χ2n) is 5.03. The van der Waals surface area contributed by atoms with Crippen LogP contribution in [-0.2, 0) is 0 Å². The van der Waals surface area contributed by atoms with Gasteiger partial charge in [0.05, 0.1) is 10.6 Å². The van der Waals surface area contributed by atoms with Gasteiger partial charge in [-0.05, 0) is 55.0 Å². The van der Waals surface area contributed by atoms with Crippen LogP contribution in [0.2, 0.25) is 0 Å². The maximum atomic E-state index is 12.3. The molecular weight excluding hydrogens is 286 g/mol. The number of ketones is 1.